The molecule has 2 N–H and O–H groups in total. The molecule has 0 aliphatic carbocycles. The van der Waals surface area contributed by atoms with Crippen molar-refractivity contribution in [2.75, 3.05) is 5.32 Å². The van der Waals surface area contributed by atoms with Gasteiger partial charge in [-0.3, -0.25) is 14.6 Å². The lowest BCUT2D eigenvalue weighted by Gasteiger charge is -2.15. The summed E-state index contributed by atoms with van der Waals surface area (Å²) >= 11 is 0. The molecule has 132 valence electrons. The van der Waals surface area contributed by atoms with Gasteiger partial charge in [-0.15, -0.1) is 0 Å². The van der Waals surface area contributed by atoms with E-state index in [1.165, 1.54) is 0 Å². The van der Waals surface area contributed by atoms with E-state index in [0.717, 1.165) is 24.0 Å². The van der Waals surface area contributed by atoms with Crippen LogP contribution in [0.15, 0.2) is 42.7 Å². The van der Waals surface area contributed by atoms with E-state index in [0.29, 0.717) is 17.7 Å². The van der Waals surface area contributed by atoms with Gasteiger partial charge in [0.2, 0.25) is 5.91 Å². The number of nitrogens with one attached hydrogen (secondary N) is 2. The summed E-state index contributed by atoms with van der Waals surface area (Å²) in [6.07, 6.45) is 5.49. The van der Waals surface area contributed by atoms with Crippen LogP contribution in [0.1, 0.15) is 48.2 Å². The van der Waals surface area contributed by atoms with Crippen LogP contribution >= 0.6 is 0 Å². The maximum Gasteiger partial charge on any atom is 0.251 e. The zero-order valence-corrected chi connectivity index (χ0v) is 15.0. The van der Waals surface area contributed by atoms with Crippen LogP contribution in [0.2, 0.25) is 0 Å². The van der Waals surface area contributed by atoms with Gasteiger partial charge < -0.3 is 10.6 Å². The van der Waals surface area contributed by atoms with Crippen molar-refractivity contribution in [1.82, 2.24) is 10.3 Å². The molecule has 1 atom stereocenters. The van der Waals surface area contributed by atoms with Crippen molar-refractivity contribution in [2.24, 2.45) is 0 Å². The van der Waals surface area contributed by atoms with E-state index in [-0.39, 0.29) is 17.9 Å². The molecule has 0 saturated carbocycles. The van der Waals surface area contributed by atoms with Crippen molar-refractivity contribution in [2.45, 2.75) is 46.1 Å². The summed E-state index contributed by atoms with van der Waals surface area (Å²) in [5, 5.41) is 5.87. The molecule has 0 spiro atoms. The molecule has 0 aliphatic rings. The molecule has 0 unspecified atom stereocenters. The lowest BCUT2D eigenvalue weighted by atomic mass is 10.1. The van der Waals surface area contributed by atoms with Gasteiger partial charge >= 0.3 is 0 Å². The Labute approximate surface area is 148 Å². The van der Waals surface area contributed by atoms with Crippen LogP contribution in [-0.2, 0) is 11.2 Å². The number of carbonyl (C=O) groups is 2. The number of hydrogen-bond donors (Lipinski definition) is 2. The van der Waals surface area contributed by atoms with Gasteiger partial charge in [-0.2, -0.15) is 0 Å². The molecule has 2 aromatic rings. The maximum atomic E-state index is 12.5. The van der Waals surface area contributed by atoms with Gasteiger partial charge in [-0.25, -0.2) is 0 Å². The minimum absolute atomic E-state index is 0.00524. The fourth-order valence-electron chi connectivity index (χ4n) is 2.57. The van der Waals surface area contributed by atoms with E-state index in [2.05, 4.69) is 15.6 Å². The van der Waals surface area contributed by atoms with E-state index in [1.807, 2.05) is 39.0 Å². The number of hydrogen-bond acceptors (Lipinski definition) is 3. The third-order valence-corrected chi connectivity index (χ3v) is 3.92. The SMILES string of the molecule is CCCC(=O)Nc1cc(C(=O)N[C@H](C)Cc2ccncc2)ccc1C. The second-order valence-electron chi connectivity index (χ2n) is 6.26. The van der Waals surface area contributed by atoms with Gasteiger partial charge in [0, 0.05) is 36.1 Å². The van der Waals surface area contributed by atoms with Gasteiger partial charge in [0.05, 0.1) is 0 Å². The first-order valence-corrected chi connectivity index (χ1v) is 8.60. The largest absolute Gasteiger partial charge is 0.349 e. The molecule has 1 aromatic carbocycles. The highest BCUT2D eigenvalue weighted by atomic mass is 16.2. The van der Waals surface area contributed by atoms with Crippen molar-refractivity contribution in [3.63, 3.8) is 0 Å². The van der Waals surface area contributed by atoms with Crippen LogP contribution in [-0.4, -0.2) is 22.8 Å². The van der Waals surface area contributed by atoms with Crippen molar-refractivity contribution >= 4 is 17.5 Å². The summed E-state index contributed by atoms with van der Waals surface area (Å²) in [6, 6.07) is 9.24. The number of aromatic nitrogens is 1. The molecule has 0 saturated heterocycles. The minimum atomic E-state index is -0.146. The number of rotatable bonds is 7. The smallest absolute Gasteiger partial charge is 0.251 e. The average molecular weight is 339 g/mol. The molecular weight excluding hydrogens is 314 g/mol. The average Bonchev–Trinajstić information content (AvgIpc) is 2.57. The number of nitrogens with zero attached hydrogens (tertiary/aromatic N) is 1. The van der Waals surface area contributed by atoms with Gasteiger partial charge in [0.15, 0.2) is 0 Å². The summed E-state index contributed by atoms with van der Waals surface area (Å²) in [6.45, 7) is 5.84. The van der Waals surface area contributed by atoms with E-state index < -0.39 is 0 Å². The highest BCUT2D eigenvalue weighted by Gasteiger charge is 2.13. The van der Waals surface area contributed by atoms with Gasteiger partial charge in [-0.05, 0) is 62.1 Å². The quantitative estimate of drug-likeness (QED) is 0.811. The summed E-state index contributed by atoms with van der Waals surface area (Å²) in [4.78, 5) is 28.3. The normalized spacial score (nSPS) is 11.6. The number of anilines is 1. The Morgan fingerprint density at radius 2 is 1.88 bits per heavy atom. The topological polar surface area (TPSA) is 71.1 Å². The van der Waals surface area contributed by atoms with E-state index in [1.54, 1.807) is 24.5 Å². The lowest BCUT2D eigenvalue weighted by molar-refractivity contribution is -0.116. The number of aryl methyl sites for hydroxylation is 1. The number of pyridine rings is 1. The summed E-state index contributed by atoms with van der Waals surface area (Å²) < 4.78 is 0. The zero-order valence-electron chi connectivity index (χ0n) is 15.0. The maximum absolute atomic E-state index is 12.5. The Balaban J connectivity index is 2.02. The Hall–Kier alpha value is -2.69. The Morgan fingerprint density at radius 3 is 2.56 bits per heavy atom. The second kappa shape index (κ2) is 8.97. The number of benzene rings is 1. The van der Waals surface area contributed by atoms with Crippen LogP contribution in [0.5, 0.6) is 0 Å². The fourth-order valence-corrected chi connectivity index (χ4v) is 2.57. The molecule has 25 heavy (non-hydrogen) atoms. The monoisotopic (exact) mass is 339 g/mol. The van der Waals surface area contributed by atoms with Crippen molar-refractivity contribution in [1.29, 1.82) is 0 Å². The third kappa shape index (κ3) is 5.71. The predicted octanol–water partition coefficient (Wildman–Crippen LogP) is 3.49. The molecule has 5 nitrogen and oxygen atoms in total. The van der Waals surface area contributed by atoms with E-state index in [4.69, 9.17) is 0 Å². The van der Waals surface area contributed by atoms with Crippen LogP contribution in [0.3, 0.4) is 0 Å². The van der Waals surface area contributed by atoms with Gasteiger partial charge in [0.25, 0.3) is 5.91 Å². The van der Waals surface area contributed by atoms with Crippen LogP contribution < -0.4 is 10.6 Å². The first kappa shape index (κ1) is 18.6. The highest BCUT2D eigenvalue weighted by Crippen LogP contribution is 2.17. The first-order chi connectivity index (χ1) is 12.0. The fraction of sp³-hybridized carbons (Fsp3) is 0.350. The summed E-state index contributed by atoms with van der Waals surface area (Å²) in [5.41, 5.74) is 3.29. The van der Waals surface area contributed by atoms with Crippen molar-refractivity contribution in [3.8, 4) is 0 Å². The zero-order chi connectivity index (χ0) is 18.2. The van der Waals surface area contributed by atoms with Crippen molar-refractivity contribution < 1.29 is 9.59 Å². The summed E-state index contributed by atoms with van der Waals surface area (Å²) in [7, 11) is 0. The highest BCUT2D eigenvalue weighted by molar-refractivity contribution is 5.97. The molecule has 5 heteroatoms. The molecule has 0 fully saturated rings. The Bertz CT molecular complexity index is 729. The standard InChI is InChI=1S/C20H25N3O2/c1-4-5-19(24)23-18-13-17(7-6-14(18)2)20(25)22-15(3)12-16-8-10-21-11-9-16/h6-11,13,15H,4-5,12H2,1-3H3,(H,22,25)(H,23,24)/t15-/m1/s1. The molecule has 1 aromatic heterocycles. The van der Waals surface area contributed by atoms with Crippen molar-refractivity contribution in [3.05, 3.63) is 59.4 Å². The van der Waals surface area contributed by atoms with E-state index in [9.17, 15) is 9.59 Å². The van der Waals surface area contributed by atoms with Crippen LogP contribution in [0.4, 0.5) is 5.69 Å². The molecule has 0 aliphatic heterocycles. The molecule has 0 bridgehead atoms. The molecular formula is C20H25N3O2. The molecule has 2 amide bonds. The predicted molar refractivity (Wildman–Crippen MR) is 99.6 cm³/mol. The third-order valence-electron chi connectivity index (χ3n) is 3.92. The van der Waals surface area contributed by atoms with Crippen LogP contribution in [0.25, 0.3) is 0 Å². The lowest BCUT2D eigenvalue weighted by Crippen LogP contribution is -2.34. The van der Waals surface area contributed by atoms with Gasteiger partial charge in [-0.1, -0.05) is 13.0 Å². The number of carbonyl (C=O) groups excluding carboxylic acids is 2. The summed E-state index contributed by atoms with van der Waals surface area (Å²) in [5.74, 6) is -0.179. The van der Waals surface area contributed by atoms with Gasteiger partial charge in [0.1, 0.15) is 0 Å². The molecule has 2 rings (SSSR count). The molecule has 1 heterocycles. The van der Waals surface area contributed by atoms with Crippen LogP contribution in [0, 0.1) is 6.92 Å². The molecule has 0 radical (unpaired) electrons. The minimum Gasteiger partial charge on any atom is -0.349 e. The Kier molecular flexibility index (Phi) is 6.69. The Morgan fingerprint density at radius 1 is 1.16 bits per heavy atom. The first-order valence-electron chi connectivity index (χ1n) is 8.60. The van der Waals surface area contributed by atoms with E-state index >= 15 is 0 Å². The number of amides is 2. The second-order valence-corrected chi connectivity index (χ2v) is 6.26.